The Morgan fingerprint density at radius 2 is 2.10 bits per heavy atom. The summed E-state index contributed by atoms with van der Waals surface area (Å²) in [6.45, 7) is 2.14. The summed E-state index contributed by atoms with van der Waals surface area (Å²) in [5, 5.41) is 4.24. The minimum absolute atomic E-state index is 0.0175. The molecule has 0 spiro atoms. The lowest BCUT2D eigenvalue weighted by Gasteiger charge is -2.15. The van der Waals surface area contributed by atoms with Gasteiger partial charge in [-0.3, -0.25) is 9.69 Å². The van der Waals surface area contributed by atoms with Gasteiger partial charge in [0, 0.05) is 36.1 Å². The van der Waals surface area contributed by atoms with Crippen molar-refractivity contribution in [3.8, 4) is 0 Å². The molecule has 2 fully saturated rings. The fourth-order valence-corrected chi connectivity index (χ4v) is 3.14. The summed E-state index contributed by atoms with van der Waals surface area (Å²) in [4.78, 5) is 18.0. The zero-order chi connectivity index (χ0) is 13.5. The van der Waals surface area contributed by atoms with Crippen molar-refractivity contribution in [3.63, 3.8) is 0 Å². The van der Waals surface area contributed by atoms with Crippen molar-refractivity contribution in [3.05, 3.63) is 36.0 Å². The fraction of sp³-hybridized carbons (Fsp3) is 0.438. The number of carbonyl (C=O) groups is 1. The molecule has 2 aromatic rings. The Labute approximate surface area is 118 Å². The number of likely N-dealkylation sites (tertiary alicyclic amines) is 1. The molecule has 0 bridgehead atoms. The second kappa shape index (κ2) is 4.63. The monoisotopic (exact) mass is 269 g/mol. The number of fused-ring (bicyclic) bond motifs is 1. The van der Waals surface area contributed by atoms with E-state index in [9.17, 15) is 4.79 Å². The van der Waals surface area contributed by atoms with Crippen LogP contribution in [0.4, 0.5) is 0 Å². The molecule has 2 aliphatic rings. The van der Waals surface area contributed by atoms with Crippen LogP contribution in [0.15, 0.2) is 30.3 Å². The molecule has 1 saturated carbocycles. The van der Waals surface area contributed by atoms with Crippen molar-refractivity contribution in [2.75, 3.05) is 13.1 Å². The van der Waals surface area contributed by atoms with Gasteiger partial charge in [0.15, 0.2) is 0 Å². The van der Waals surface area contributed by atoms with E-state index in [0.29, 0.717) is 11.7 Å². The summed E-state index contributed by atoms with van der Waals surface area (Å²) in [5.41, 5.74) is 1.68. The molecule has 4 heteroatoms. The highest BCUT2D eigenvalue weighted by atomic mass is 16.2. The third-order valence-electron chi connectivity index (χ3n) is 4.39. The van der Waals surface area contributed by atoms with E-state index in [0.717, 1.165) is 36.5 Å². The summed E-state index contributed by atoms with van der Waals surface area (Å²) >= 11 is 0. The normalized spacial score (nSPS) is 23.3. The van der Waals surface area contributed by atoms with E-state index in [1.165, 1.54) is 12.8 Å². The zero-order valence-corrected chi connectivity index (χ0v) is 11.4. The van der Waals surface area contributed by atoms with Crippen LogP contribution >= 0.6 is 0 Å². The van der Waals surface area contributed by atoms with Crippen LogP contribution in [0.25, 0.3) is 10.9 Å². The van der Waals surface area contributed by atoms with Crippen LogP contribution in [0.1, 0.15) is 29.8 Å². The van der Waals surface area contributed by atoms with Crippen LogP contribution in [0.2, 0.25) is 0 Å². The molecule has 104 valence electrons. The van der Waals surface area contributed by atoms with Crippen molar-refractivity contribution >= 4 is 16.8 Å². The van der Waals surface area contributed by atoms with Gasteiger partial charge in [0.05, 0.1) is 0 Å². The van der Waals surface area contributed by atoms with Gasteiger partial charge in [0.2, 0.25) is 0 Å². The lowest BCUT2D eigenvalue weighted by molar-refractivity contribution is 0.0933. The lowest BCUT2D eigenvalue weighted by atomic mass is 10.2. The van der Waals surface area contributed by atoms with Gasteiger partial charge in [-0.05, 0) is 31.4 Å². The van der Waals surface area contributed by atoms with Gasteiger partial charge < -0.3 is 10.3 Å². The highest BCUT2D eigenvalue weighted by molar-refractivity contribution is 5.98. The van der Waals surface area contributed by atoms with Gasteiger partial charge in [0.1, 0.15) is 5.69 Å². The van der Waals surface area contributed by atoms with Gasteiger partial charge in [-0.15, -0.1) is 0 Å². The Morgan fingerprint density at radius 1 is 1.25 bits per heavy atom. The van der Waals surface area contributed by atoms with E-state index in [-0.39, 0.29) is 5.91 Å². The van der Waals surface area contributed by atoms with Crippen molar-refractivity contribution in [2.24, 2.45) is 0 Å². The van der Waals surface area contributed by atoms with Crippen molar-refractivity contribution in [2.45, 2.75) is 31.3 Å². The zero-order valence-electron chi connectivity index (χ0n) is 11.4. The molecule has 4 rings (SSSR count). The number of hydrogen-bond donors (Lipinski definition) is 2. The van der Waals surface area contributed by atoms with E-state index in [4.69, 9.17) is 0 Å². The minimum Gasteiger partial charge on any atom is -0.351 e. The molecule has 1 saturated heterocycles. The number of carbonyl (C=O) groups excluding carboxylic acids is 1. The molecule has 1 aliphatic heterocycles. The van der Waals surface area contributed by atoms with Gasteiger partial charge in [-0.25, -0.2) is 0 Å². The Hall–Kier alpha value is -1.81. The molecule has 0 radical (unpaired) electrons. The number of amides is 1. The molecule has 1 atom stereocenters. The molecular formula is C16H19N3O. The smallest absolute Gasteiger partial charge is 0.267 e. The van der Waals surface area contributed by atoms with Crippen molar-refractivity contribution in [1.29, 1.82) is 0 Å². The van der Waals surface area contributed by atoms with Gasteiger partial charge in [-0.1, -0.05) is 18.2 Å². The Bertz CT molecular complexity index is 611. The van der Waals surface area contributed by atoms with Crippen LogP contribution in [0, 0.1) is 0 Å². The number of rotatable bonds is 3. The number of aromatic amines is 1. The highest BCUT2D eigenvalue weighted by Gasteiger charge is 2.34. The van der Waals surface area contributed by atoms with Crippen LogP contribution < -0.4 is 5.32 Å². The van der Waals surface area contributed by atoms with Gasteiger partial charge in [-0.2, -0.15) is 0 Å². The molecule has 4 nitrogen and oxygen atoms in total. The predicted octanol–water partition coefficient (Wildman–Crippen LogP) is 2.13. The first-order valence-corrected chi connectivity index (χ1v) is 7.42. The third kappa shape index (κ3) is 2.20. The maximum absolute atomic E-state index is 12.3. The molecule has 1 aliphatic carbocycles. The number of para-hydroxylation sites is 1. The van der Waals surface area contributed by atoms with E-state index in [2.05, 4.69) is 15.2 Å². The summed E-state index contributed by atoms with van der Waals surface area (Å²) in [6.07, 6.45) is 3.74. The number of H-pyrrole nitrogens is 1. The number of hydrogen-bond acceptors (Lipinski definition) is 2. The second-order valence-electron chi connectivity index (χ2n) is 5.96. The first-order chi connectivity index (χ1) is 9.79. The summed E-state index contributed by atoms with van der Waals surface area (Å²) < 4.78 is 0. The second-order valence-corrected chi connectivity index (χ2v) is 5.96. The van der Waals surface area contributed by atoms with Crippen LogP contribution in [-0.4, -0.2) is 41.0 Å². The number of nitrogens with one attached hydrogen (secondary N) is 2. The van der Waals surface area contributed by atoms with E-state index in [1.54, 1.807) is 0 Å². The molecule has 20 heavy (non-hydrogen) atoms. The molecule has 1 amide bonds. The quantitative estimate of drug-likeness (QED) is 0.897. The molecular weight excluding hydrogens is 250 g/mol. The lowest BCUT2D eigenvalue weighted by Crippen LogP contribution is -2.37. The average Bonchev–Trinajstić information content (AvgIpc) is 3.04. The molecule has 1 aromatic heterocycles. The average molecular weight is 269 g/mol. The van der Waals surface area contributed by atoms with Crippen molar-refractivity contribution in [1.82, 2.24) is 15.2 Å². The maximum Gasteiger partial charge on any atom is 0.267 e. The van der Waals surface area contributed by atoms with E-state index < -0.39 is 0 Å². The van der Waals surface area contributed by atoms with Gasteiger partial charge >= 0.3 is 0 Å². The highest BCUT2D eigenvalue weighted by Crippen LogP contribution is 2.29. The predicted molar refractivity (Wildman–Crippen MR) is 78.8 cm³/mol. The Kier molecular flexibility index (Phi) is 2.77. The van der Waals surface area contributed by atoms with Crippen LogP contribution in [-0.2, 0) is 0 Å². The standard InChI is InChI=1S/C16H19N3O/c20-16(15-9-11-3-1-2-4-14(11)18-15)17-12-7-8-19(10-12)13-5-6-13/h1-4,9,12-13,18H,5-8,10H2,(H,17,20)/t12-/m1/s1. The summed E-state index contributed by atoms with van der Waals surface area (Å²) in [5.74, 6) is 0.0175. The van der Waals surface area contributed by atoms with Crippen molar-refractivity contribution < 1.29 is 4.79 Å². The summed E-state index contributed by atoms with van der Waals surface area (Å²) in [6, 6.07) is 11.0. The van der Waals surface area contributed by atoms with E-state index in [1.807, 2.05) is 30.3 Å². The number of nitrogens with zero attached hydrogens (tertiary/aromatic N) is 1. The first-order valence-electron chi connectivity index (χ1n) is 7.42. The molecule has 2 N–H and O–H groups in total. The number of aromatic nitrogens is 1. The summed E-state index contributed by atoms with van der Waals surface area (Å²) in [7, 11) is 0. The maximum atomic E-state index is 12.3. The molecule has 0 unspecified atom stereocenters. The third-order valence-corrected chi connectivity index (χ3v) is 4.39. The van der Waals surface area contributed by atoms with Crippen LogP contribution in [0.3, 0.4) is 0 Å². The SMILES string of the molecule is O=C(N[C@@H]1CCN(C2CC2)C1)c1cc2ccccc2[nH]1. The number of benzene rings is 1. The largest absolute Gasteiger partial charge is 0.351 e. The molecule has 1 aromatic carbocycles. The minimum atomic E-state index is 0.0175. The van der Waals surface area contributed by atoms with Gasteiger partial charge in [0.25, 0.3) is 5.91 Å². The Balaban J connectivity index is 1.44. The first kappa shape index (κ1) is 12.0. The molecule has 2 heterocycles. The van der Waals surface area contributed by atoms with Crippen LogP contribution in [0.5, 0.6) is 0 Å². The Morgan fingerprint density at radius 3 is 2.90 bits per heavy atom. The fourth-order valence-electron chi connectivity index (χ4n) is 3.14. The van der Waals surface area contributed by atoms with E-state index >= 15 is 0 Å². The topological polar surface area (TPSA) is 48.1 Å².